The minimum Gasteiger partial charge on any atom is -0.493 e. The highest BCUT2D eigenvalue weighted by molar-refractivity contribution is 5.94. The number of nitrogens with one attached hydrogen (secondary N) is 1. The molecule has 0 bridgehead atoms. The third-order valence-electron chi connectivity index (χ3n) is 4.09. The average molecular weight is 292 g/mol. The van der Waals surface area contributed by atoms with Gasteiger partial charge in [-0.1, -0.05) is 27.2 Å². The summed E-state index contributed by atoms with van der Waals surface area (Å²) in [4.78, 5) is 0. The van der Waals surface area contributed by atoms with Gasteiger partial charge in [-0.2, -0.15) is 0 Å². The van der Waals surface area contributed by atoms with Gasteiger partial charge in [0.2, 0.25) is 0 Å². The quantitative estimate of drug-likeness (QED) is 0.483. The van der Waals surface area contributed by atoms with E-state index in [0.717, 1.165) is 25.0 Å². The van der Waals surface area contributed by atoms with Crippen LogP contribution in [0.1, 0.15) is 45.6 Å². The molecule has 118 valence electrons. The lowest BCUT2D eigenvalue weighted by Crippen LogP contribution is -2.30. The van der Waals surface area contributed by atoms with Gasteiger partial charge in [-0.05, 0) is 42.5 Å². The summed E-state index contributed by atoms with van der Waals surface area (Å²) >= 11 is 0. The number of hydrogen-bond donors (Lipinski definition) is 3. The number of aliphatic hydroxyl groups is 1. The van der Waals surface area contributed by atoms with Gasteiger partial charge in [0.25, 0.3) is 0 Å². The van der Waals surface area contributed by atoms with Gasteiger partial charge in [0.15, 0.2) is 0 Å². The topological polar surface area (TPSA) is 79.3 Å². The van der Waals surface area contributed by atoms with Gasteiger partial charge in [-0.3, -0.25) is 5.41 Å². The van der Waals surface area contributed by atoms with E-state index in [4.69, 9.17) is 15.9 Å². The van der Waals surface area contributed by atoms with Crippen molar-refractivity contribution >= 4 is 5.84 Å². The molecule has 0 aliphatic heterocycles. The van der Waals surface area contributed by atoms with E-state index in [9.17, 15) is 5.11 Å². The highest BCUT2D eigenvalue weighted by atomic mass is 16.5. The first kappa shape index (κ1) is 17.5. The van der Waals surface area contributed by atoms with Crippen molar-refractivity contribution in [3.63, 3.8) is 0 Å². The molecule has 21 heavy (non-hydrogen) atoms. The molecule has 1 rings (SSSR count). The molecule has 1 aromatic rings. The van der Waals surface area contributed by atoms with Crippen LogP contribution >= 0.6 is 0 Å². The zero-order valence-electron chi connectivity index (χ0n) is 13.4. The summed E-state index contributed by atoms with van der Waals surface area (Å²) in [7, 11) is 0. The Balaban J connectivity index is 2.66. The molecule has 0 saturated heterocycles. The number of amidine groups is 1. The molecule has 1 atom stereocenters. The molecule has 0 amide bonds. The molecule has 4 nitrogen and oxygen atoms in total. The van der Waals surface area contributed by atoms with Crippen LogP contribution in [0.5, 0.6) is 5.75 Å². The molecule has 4 N–H and O–H groups in total. The van der Waals surface area contributed by atoms with Crippen LogP contribution in [0.25, 0.3) is 0 Å². The van der Waals surface area contributed by atoms with E-state index in [0.29, 0.717) is 18.1 Å². The molecule has 0 aromatic heterocycles. The fraction of sp³-hybridized carbons (Fsp3) is 0.588. The third kappa shape index (κ3) is 5.38. The highest BCUT2D eigenvalue weighted by Gasteiger charge is 2.28. The molecule has 0 unspecified atom stereocenters. The van der Waals surface area contributed by atoms with E-state index in [1.807, 2.05) is 12.1 Å². The molecular formula is C17H28N2O2. The number of nitrogen functional groups attached to an aromatic ring is 1. The predicted molar refractivity (Wildman–Crippen MR) is 86.8 cm³/mol. The normalized spacial score (nSPS) is 13.0. The van der Waals surface area contributed by atoms with Crippen molar-refractivity contribution in [1.29, 1.82) is 5.41 Å². The third-order valence-corrected chi connectivity index (χ3v) is 4.09. The Morgan fingerprint density at radius 2 is 1.95 bits per heavy atom. The van der Waals surface area contributed by atoms with Gasteiger partial charge in [-0.25, -0.2) is 0 Å². The molecule has 0 aliphatic rings. The number of nitrogens with two attached hydrogens (primary N) is 1. The monoisotopic (exact) mass is 292 g/mol. The van der Waals surface area contributed by atoms with Crippen molar-refractivity contribution in [1.82, 2.24) is 0 Å². The number of hydrogen-bond acceptors (Lipinski definition) is 3. The maximum atomic E-state index is 9.27. The molecular weight excluding hydrogens is 264 g/mol. The van der Waals surface area contributed by atoms with Gasteiger partial charge < -0.3 is 15.6 Å². The molecule has 4 heteroatoms. The molecule has 0 fully saturated rings. The summed E-state index contributed by atoms with van der Waals surface area (Å²) in [5, 5.41) is 16.6. The smallest absolute Gasteiger partial charge is 0.122 e. The number of aliphatic hydroxyl groups excluding tert-OH is 1. The van der Waals surface area contributed by atoms with Crippen LogP contribution in [0.15, 0.2) is 24.3 Å². The summed E-state index contributed by atoms with van der Waals surface area (Å²) in [6, 6.07) is 7.24. The first-order valence-electron chi connectivity index (χ1n) is 7.58. The van der Waals surface area contributed by atoms with Crippen molar-refractivity contribution in [2.45, 2.75) is 40.0 Å². The lowest BCUT2D eigenvalue weighted by atomic mass is 9.74. The second-order valence-corrected chi connectivity index (χ2v) is 6.20. The van der Waals surface area contributed by atoms with Gasteiger partial charge in [0, 0.05) is 18.1 Å². The molecule has 1 aromatic carbocycles. The van der Waals surface area contributed by atoms with Gasteiger partial charge in [-0.15, -0.1) is 0 Å². The lowest BCUT2D eigenvalue weighted by Gasteiger charge is -2.34. The molecule has 0 radical (unpaired) electrons. The standard InChI is InChI=1S/C17H28N2O2/c1-4-10-17(2,3)14(9-11-20)12-21-15-7-5-13(6-8-15)16(18)19/h5-8,14,20H,4,9-12H2,1-3H3,(H3,18,19)/t14-/m1/s1. The summed E-state index contributed by atoms with van der Waals surface area (Å²) < 4.78 is 5.87. The zero-order chi connectivity index (χ0) is 15.9. The predicted octanol–water partition coefficient (Wildman–Crippen LogP) is 3.17. The van der Waals surface area contributed by atoms with E-state index in [1.54, 1.807) is 12.1 Å². The number of rotatable bonds is 9. The summed E-state index contributed by atoms with van der Waals surface area (Å²) in [6.07, 6.45) is 2.99. The summed E-state index contributed by atoms with van der Waals surface area (Å²) in [5.74, 6) is 1.15. The van der Waals surface area contributed by atoms with Gasteiger partial charge >= 0.3 is 0 Å². The van der Waals surface area contributed by atoms with E-state index < -0.39 is 0 Å². The highest BCUT2D eigenvalue weighted by Crippen LogP contribution is 2.34. The number of ether oxygens (including phenoxy) is 1. The van der Waals surface area contributed by atoms with Crippen LogP contribution in [0.3, 0.4) is 0 Å². The molecule has 0 aliphatic carbocycles. The second-order valence-electron chi connectivity index (χ2n) is 6.20. The van der Waals surface area contributed by atoms with Crippen LogP contribution in [0.2, 0.25) is 0 Å². The second kappa shape index (κ2) is 8.03. The zero-order valence-corrected chi connectivity index (χ0v) is 13.4. The fourth-order valence-electron chi connectivity index (χ4n) is 2.63. The largest absolute Gasteiger partial charge is 0.493 e. The van der Waals surface area contributed by atoms with Crippen LogP contribution in [0.4, 0.5) is 0 Å². The average Bonchev–Trinajstić information content (AvgIpc) is 2.43. The maximum Gasteiger partial charge on any atom is 0.122 e. The Kier molecular flexibility index (Phi) is 6.69. The lowest BCUT2D eigenvalue weighted by molar-refractivity contribution is 0.0933. The Bertz CT molecular complexity index is 441. The molecule has 0 heterocycles. The molecule has 0 saturated carbocycles. The van der Waals surface area contributed by atoms with Gasteiger partial charge in [0.1, 0.15) is 11.6 Å². The van der Waals surface area contributed by atoms with E-state index in [2.05, 4.69) is 20.8 Å². The van der Waals surface area contributed by atoms with E-state index in [1.165, 1.54) is 0 Å². The Morgan fingerprint density at radius 1 is 1.33 bits per heavy atom. The van der Waals surface area contributed by atoms with Gasteiger partial charge in [0.05, 0.1) is 6.61 Å². The number of benzene rings is 1. The maximum absolute atomic E-state index is 9.27. The Hall–Kier alpha value is -1.55. The van der Waals surface area contributed by atoms with Crippen molar-refractivity contribution in [3.8, 4) is 5.75 Å². The summed E-state index contributed by atoms with van der Waals surface area (Å²) in [6.45, 7) is 7.43. The summed E-state index contributed by atoms with van der Waals surface area (Å²) in [5.41, 5.74) is 6.28. The van der Waals surface area contributed by atoms with Crippen molar-refractivity contribution < 1.29 is 9.84 Å². The Morgan fingerprint density at radius 3 is 2.43 bits per heavy atom. The van der Waals surface area contributed by atoms with Crippen molar-refractivity contribution in [2.24, 2.45) is 17.1 Å². The fourth-order valence-corrected chi connectivity index (χ4v) is 2.63. The molecule has 0 spiro atoms. The first-order valence-corrected chi connectivity index (χ1v) is 7.58. The minimum absolute atomic E-state index is 0.0591. The van der Waals surface area contributed by atoms with E-state index in [-0.39, 0.29) is 17.9 Å². The van der Waals surface area contributed by atoms with Crippen LogP contribution in [-0.4, -0.2) is 24.2 Å². The SMILES string of the molecule is CCCC(C)(C)[C@H](CCO)COc1ccc(C(=N)N)cc1. The van der Waals surface area contributed by atoms with Crippen LogP contribution in [-0.2, 0) is 0 Å². The van der Waals surface area contributed by atoms with Crippen molar-refractivity contribution in [3.05, 3.63) is 29.8 Å². The van der Waals surface area contributed by atoms with Crippen LogP contribution < -0.4 is 10.5 Å². The first-order chi connectivity index (χ1) is 9.90. The Labute approximate surface area is 127 Å². The van der Waals surface area contributed by atoms with E-state index >= 15 is 0 Å². The van der Waals surface area contributed by atoms with Crippen LogP contribution in [0, 0.1) is 16.7 Å². The minimum atomic E-state index is 0.0591. The van der Waals surface area contributed by atoms with Crippen molar-refractivity contribution in [2.75, 3.05) is 13.2 Å².